The van der Waals surface area contributed by atoms with Gasteiger partial charge in [-0.15, -0.1) is 0 Å². The molecule has 0 aliphatic carbocycles. The fourth-order valence-corrected chi connectivity index (χ4v) is 0.718. The molecule has 1 amide bonds. The molecular formula is C8H9N2O. The number of hydrogen-bond donors (Lipinski definition) is 1. The molecule has 1 aromatic heterocycles. The van der Waals surface area contributed by atoms with Crippen LogP contribution in [0, 0.1) is 6.42 Å². The van der Waals surface area contributed by atoms with Gasteiger partial charge in [-0.25, -0.2) is 0 Å². The summed E-state index contributed by atoms with van der Waals surface area (Å²) in [5, 5.41) is 0. The zero-order valence-electron chi connectivity index (χ0n) is 6.03. The molecule has 0 aromatic carbocycles. The Bertz CT molecular complexity index is 233. The Morgan fingerprint density at radius 2 is 2.18 bits per heavy atom. The number of amides is 1. The van der Waals surface area contributed by atoms with Gasteiger partial charge in [0.05, 0.1) is 0 Å². The number of nitrogens with two attached hydrogens (primary N) is 1. The highest BCUT2D eigenvalue weighted by Gasteiger charge is 1.95. The van der Waals surface area contributed by atoms with Crippen LogP contribution in [0.15, 0.2) is 24.5 Å². The van der Waals surface area contributed by atoms with Crippen LogP contribution >= 0.6 is 0 Å². The molecule has 0 fully saturated rings. The summed E-state index contributed by atoms with van der Waals surface area (Å²) in [5.74, 6) is -0.318. The molecule has 0 saturated heterocycles. The standard InChI is InChI=1S/C8H9N2O/c9-8(11)2-1-7-3-5-10-6-4-7/h1,3-6H,2H2,(H2,9,11). The van der Waals surface area contributed by atoms with Crippen molar-refractivity contribution in [3.63, 3.8) is 0 Å². The molecular weight excluding hydrogens is 140 g/mol. The number of hydrogen-bond acceptors (Lipinski definition) is 2. The summed E-state index contributed by atoms with van der Waals surface area (Å²) in [5.41, 5.74) is 5.93. The Morgan fingerprint density at radius 1 is 1.55 bits per heavy atom. The summed E-state index contributed by atoms with van der Waals surface area (Å²) in [7, 11) is 0. The highest BCUT2D eigenvalue weighted by atomic mass is 16.1. The van der Waals surface area contributed by atoms with Gasteiger partial charge in [0.25, 0.3) is 0 Å². The number of nitrogens with zero attached hydrogens (tertiary/aromatic N) is 1. The minimum Gasteiger partial charge on any atom is -0.370 e. The van der Waals surface area contributed by atoms with Crippen molar-refractivity contribution in [2.45, 2.75) is 6.42 Å². The van der Waals surface area contributed by atoms with Crippen molar-refractivity contribution >= 4 is 5.91 Å². The van der Waals surface area contributed by atoms with E-state index in [0.717, 1.165) is 5.56 Å². The predicted molar refractivity (Wildman–Crippen MR) is 41.5 cm³/mol. The van der Waals surface area contributed by atoms with Gasteiger partial charge in [-0.2, -0.15) is 0 Å². The van der Waals surface area contributed by atoms with Gasteiger partial charge in [0.15, 0.2) is 0 Å². The predicted octanol–water partition coefficient (Wildman–Crippen LogP) is 0.509. The second-order valence-electron chi connectivity index (χ2n) is 2.16. The first-order valence-corrected chi connectivity index (χ1v) is 3.30. The van der Waals surface area contributed by atoms with Gasteiger partial charge in [0.1, 0.15) is 0 Å². The van der Waals surface area contributed by atoms with Crippen molar-refractivity contribution in [1.29, 1.82) is 0 Å². The van der Waals surface area contributed by atoms with E-state index in [1.54, 1.807) is 18.8 Å². The van der Waals surface area contributed by atoms with Gasteiger partial charge in [0, 0.05) is 25.2 Å². The zero-order valence-corrected chi connectivity index (χ0v) is 6.03. The van der Waals surface area contributed by atoms with Crippen LogP contribution in [0.3, 0.4) is 0 Å². The highest BCUT2D eigenvalue weighted by Crippen LogP contribution is 2.01. The molecule has 0 atom stereocenters. The second-order valence-corrected chi connectivity index (χ2v) is 2.16. The molecule has 0 bridgehead atoms. The molecule has 0 unspecified atom stereocenters. The van der Waals surface area contributed by atoms with Crippen molar-refractivity contribution in [2.75, 3.05) is 0 Å². The Labute approximate surface area is 65.2 Å². The number of rotatable bonds is 3. The number of aromatic nitrogens is 1. The maximum absolute atomic E-state index is 10.3. The molecule has 0 aliphatic heterocycles. The van der Waals surface area contributed by atoms with Gasteiger partial charge in [-0.1, -0.05) is 0 Å². The molecule has 3 nitrogen and oxygen atoms in total. The van der Waals surface area contributed by atoms with Gasteiger partial charge >= 0.3 is 0 Å². The van der Waals surface area contributed by atoms with E-state index in [-0.39, 0.29) is 12.3 Å². The molecule has 0 spiro atoms. The van der Waals surface area contributed by atoms with E-state index < -0.39 is 0 Å². The summed E-state index contributed by atoms with van der Waals surface area (Å²) in [6, 6.07) is 3.64. The summed E-state index contributed by atoms with van der Waals surface area (Å²) in [4.78, 5) is 14.2. The summed E-state index contributed by atoms with van der Waals surface area (Å²) in [6.07, 6.45) is 5.40. The fraction of sp³-hybridized carbons (Fsp3) is 0.125. The summed E-state index contributed by atoms with van der Waals surface area (Å²) < 4.78 is 0. The fourth-order valence-electron chi connectivity index (χ4n) is 0.718. The third kappa shape index (κ3) is 2.80. The third-order valence-corrected chi connectivity index (χ3v) is 1.25. The molecule has 1 aromatic rings. The quantitative estimate of drug-likeness (QED) is 0.680. The summed E-state index contributed by atoms with van der Waals surface area (Å²) >= 11 is 0. The normalized spacial score (nSPS) is 9.45. The number of carbonyl (C=O) groups excluding carboxylic acids is 1. The van der Waals surface area contributed by atoms with E-state index in [4.69, 9.17) is 5.73 Å². The molecule has 1 radical (unpaired) electrons. The number of primary amides is 1. The third-order valence-electron chi connectivity index (χ3n) is 1.25. The van der Waals surface area contributed by atoms with Crippen molar-refractivity contribution in [1.82, 2.24) is 4.98 Å². The van der Waals surface area contributed by atoms with Crippen LogP contribution in [0.4, 0.5) is 0 Å². The molecule has 57 valence electrons. The maximum atomic E-state index is 10.3. The topological polar surface area (TPSA) is 56.0 Å². The van der Waals surface area contributed by atoms with Crippen molar-refractivity contribution in [2.24, 2.45) is 5.73 Å². The van der Waals surface area contributed by atoms with Crippen LogP contribution in [0.5, 0.6) is 0 Å². The molecule has 0 aliphatic rings. The first kappa shape index (κ1) is 7.72. The first-order valence-electron chi connectivity index (χ1n) is 3.30. The SMILES string of the molecule is NC(=O)C[CH]c1ccncc1. The molecule has 1 heterocycles. The zero-order chi connectivity index (χ0) is 8.10. The van der Waals surface area contributed by atoms with E-state index in [9.17, 15) is 4.79 Å². The smallest absolute Gasteiger partial charge is 0.218 e. The van der Waals surface area contributed by atoms with E-state index in [1.807, 2.05) is 12.1 Å². The summed E-state index contributed by atoms with van der Waals surface area (Å²) in [6.45, 7) is 0. The Morgan fingerprint density at radius 3 is 2.73 bits per heavy atom. The average Bonchev–Trinajstić information content (AvgIpc) is 2.03. The molecule has 3 heteroatoms. The average molecular weight is 149 g/mol. The monoisotopic (exact) mass is 149 g/mol. The van der Waals surface area contributed by atoms with Crippen molar-refractivity contribution in [3.05, 3.63) is 36.5 Å². The van der Waals surface area contributed by atoms with Crippen LogP contribution < -0.4 is 5.73 Å². The van der Waals surface area contributed by atoms with Crippen LogP contribution in [-0.4, -0.2) is 10.9 Å². The minimum absolute atomic E-state index is 0.282. The first-order chi connectivity index (χ1) is 5.29. The van der Waals surface area contributed by atoms with Gasteiger partial charge in [-0.3, -0.25) is 9.78 Å². The lowest BCUT2D eigenvalue weighted by Gasteiger charge is -1.95. The Hall–Kier alpha value is -1.38. The number of pyridine rings is 1. The van der Waals surface area contributed by atoms with Crippen LogP contribution in [0.1, 0.15) is 12.0 Å². The van der Waals surface area contributed by atoms with Gasteiger partial charge in [0.2, 0.25) is 5.91 Å². The highest BCUT2D eigenvalue weighted by molar-refractivity contribution is 5.75. The second kappa shape index (κ2) is 3.71. The lowest BCUT2D eigenvalue weighted by molar-refractivity contribution is -0.117. The molecule has 2 N–H and O–H groups in total. The van der Waals surface area contributed by atoms with Crippen LogP contribution in [-0.2, 0) is 4.79 Å². The van der Waals surface area contributed by atoms with E-state index >= 15 is 0 Å². The van der Waals surface area contributed by atoms with Crippen molar-refractivity contribution in [3.8, 4) is 0 Å². The Kier molecular flexibility index (Phi) is 2.60. The van der Waals surface area contributed by atoms with E-state index in [0.29, 0.717) is 0 Å². The van der Waals surface area contributed by atoms with E-state index in [1.165, 1.54) is 0 Å². The molecule has 11 heavy (non-hydrogen) atoms. The van der Waals surface area contributed by atoms with Gasteiger partial charge < -0.3 is 5.73 Å². The largest absolute Gasteiger partial charge is 0.370 e. The Balaban J connectivity index is 2.45. The van der Waals surface area contributed by atoms with Crippen LogP contribution in [0.25, 0.3) is 0 Å². The number of carbonyl (C=O) groups is 1. The van der Waals surface area contributed by atoms with E-state index in [2.05, 4.69) is 4.98 Å². The van der Waals surface area contributed by atoms with Crippen LogP contribution in [0.2, 0.25) is 0 Å². The maximum Gasteiger partial charge on any atom is 0.218 e. The lowest BCUT2D eigenvalue weighted by atomic mass is 10.1. The van der Waals surface area contributed by atoms with Crippen molar-refractivity contribution < 1.29 is 4.79 Å². The molecule has 0 saturated carbocycles. The minimum atomic E-state index is -0.318. The molecule has 1 rings (SSSR count). The lowest BCUT2D eigenvalue weighted by Crippen LogP contribution is -2.10. The van der Waals surface area contributed by atoms with Gasteiger partial charge in [-0.05, 0) is 17.7 Å².